The molecule has 1 aliphatic heterocycles. The number of hydrogen-bond acceptors (Lipinski definition) is 1. The van der Waals surface area contributed by atoms with Crippen molar-refractivity contribution in [2.24, 2.45) is 4.99 Å². The van der Waals surface area contributed by atoms with Crippen LogP contribution in [0.4, 0.5) is 8.78 Å². The van der Waals surface area contributed by atoms with Crippen LogP contribution in [0.2, 0.25) is 0 Å². The molecular weight excluding hydrogens is 184 g/mol. The molecule has 0 aromatic heterocycles. The fourth-order valence-corrected chi connectivity index (χ4v) is 1.41. The van der Waals surface area contributed by atoms with Gasteiger partial charge in [-0.3, -0.25) is 4.99 Å². The van der Waals surface area contributed by atoms with E-state index < -0.39 is 11.6 Å². The molecule has 1 aliphatic rings. The highest BCUT2D eigenvalue weighted by atomic mass is 19.2. The fraction of sp³-hybridized carbons (Fsp3) is 0.182. The Kier molecular flexibility index (Phi) is 2.39. The molecule has 0 aliphatic carbocycles. The van der Waals surface area contributed by atoms with Crippen LogP contribution in [-0.4, -0.2) is 12.8 Å². The predicted molar refractivity (Wildman–Crippen MR) is 51.5 cm³/mol. The van der Waals surface area contributed by atoms with Crippen molar-refractivity contribution >= 4 is 6.21 Å². The quantitative estimate of drug-likeness (QED) is 0.684. The lowest BCUT2D eigenvalue weighted by Gasteiger charge is -2.02. The Balaban J connectivity index is 2.14. The summed E-state index contributed by atoms with van der Waals surface area (Å²) in [5.74, 6) is -1.59. The highest BCUT2D eigenvalue weighted by Gasteiger charge is 2.05. The molecule has 14 heavy (non-hydrogen) atoms. The number of allylic oxidation sites excluding steroid dienone is 1. The summed E-state index contributed by atoms with van der Waals surface area (Å²) in [6, 6.07) is 3.98. The Morgan fingerprint density at radius 1 is 1.21 bits per heavy atom. The summed E-state index contributed by atoms with van der Waals surface area (Å²) >= 11 is 0. The van der Waals surface area contributed by atoms with Crippen molar-refractivity contribution in [2.45, 2.75) is 6.42 Å². The SMILES string of the molecule is Fc1ccc(CC2=CC=NC2)cc1F. The third-order valence-electron chi connectivity index (χ3n) is 2.13. The summed E-state index contributed by atoms with van der Waals surface area (Å²) in [5.41, 5.74) is 1.90. The maximum atomic E-state index is 12.8. The van der Waals surface area contributed by atoms with Gasteiger partial charge in [-0.2, -0.15) is 0 Å². The van der Waals surface area contributed by atoms with Crippen LogP contribution >= 0.6 is 0 Å². The number of rotatable bonds is 2. The molecule has 0 N–H and O–H groups in total. The van der Waals surface area contributed by atoms with Crippen LogP contribution in [0.25, 0.3) is 0 Å². The molecule has 0 radical (unpaired) electrons. The van der Waals surface area contributed by atoms with Gasteiger partial charge in [-0.15, -0.1) is 0 Å². The normalized spacial score (nSPS) is 14.6. The standard InChI is InChI=1S/C11H9F2N/c12-10-2-1-8(6-11(10)13)5-9-3-4-14-7-9/h1-4,6H,5,7H2. The molecule has 0 amide bonds. The van der Waals surface area contributed by atoms with E-state index in [0.717, 1.165) is 17.2 Å². The van der Waals surface area contributed by atoms with Gasteiger partial charge in [-0.05, 0) is 35.8 Å². The lowest BCUT2D eigenvalue weighted by molar-refractivity contribution is 0.507. The van der Waals surface area contributed by atoms with Crippen molar-refractivity contribution < 1.29 is 8.78 Å². The highest BCUT2D eigenvalue weighted by molar-refractivity contribution is 5.75. The molecular formula is C11H9F2N. The van der Waals surface area contributed by atoms with Gasteiger partial charge in [-0.1, -0.05) is 6.07 Å². The van der Waals surface area contributed by atoms with Crippen molar-refractivity contribution in [3.63, 3.8) is 0 Å². The van der Waals surface area contributed by atoms with Gasteiger partial charge < -0.3 is 0 Å². The van der Waals surface area contributed by atoms with Crippen molar-refractivity contribution in [3.05, 3.63) is 47.0 Å². The van der Waals surface area contributed by atoms with E-state index in [0.29, 0.717) is 13.0 Å². The number of hydrogen-bond donors (Lipinski definition) is 0. The Hall–Kier alpha value is -1.51. The lowest BCUT2D eigenvalue weighted by Crippen LogP contribution is -1.94. The lowest BCUT2D eigenvalue weighted by atomic mass is 10.1. The van der Waals surface area contributed by atoms with Crippen LogP contribution in [-0.2, 0) is 6.42 Å². The predicted octanol–water partition coefficient (Wildman–Crippen LogP) is 2.52. The van der Waals surface area contributed by atoms with Crippen LogP contribution in [0, 0.1) is 11.6 Å². The van der Waals surface area contributed by atoms with Crippen LogP contribution in [0.5, 0.6) is 0 Å². The first-order valence-electron chi connectivity index (χ1n) is 4.37. The molecule has 0 saturated carbocycles. The maximum Gasteiger partial charge on any atom is 0.159 e. The van der Waals surface area contributed by atoms with Crippen molar-refractivity contribution in [1.82, 2.24) is 0 Å². The van der Waals surface area contributed by atoms with Crippen LogP contribution < -0.4 is 0 Å². The maximum absolute atomic E-state index is 12.8. The molecule has 1 aromatic rings. The van der Waals surface area contributed by atoms with E-state index >= 15 is 0 Å². The molecule has 0 atom stereocenters. The van der Waals surface area contributed by atoms with E-state index in [1.165, 1.54) is 6.07 Å². The van der Waals surface area contributed by atoms with Gasteiger partial charge in [0, 0.05) is 6.21 Å². The molecule has 1 nitrogen and oxygen atoms in total. The Morgan fingerprint density at radius 2 is 2.07 bits per heavy atom. The van der Waals surface area contributed by atoms with E-state index in [-0.39, 0.29) is 0 Å². The minimum atomic E-state index is -0.801. The van der Waals surface area contributed by atoms with Gasteiger partial charge in [0.05, 0.1) is 6.54 Å². The third-order valence-corrected chi connectivity index (χ3v) is 2.13. The van der Waals surface area contributed by atoms with Gasteiger partial charge in [0.15, 0.2) is 11.6 Å². The molecule has 2 rings (SSSR count). The second kappa shape index (κ2) is 3.70. The van der Waals surface area contributed by atoms with Crippen LogP contribution in [0.3, 0.4) is 0 Å². The molecule has 0 unspecified atom stereocenters. The first-order valence-corrected chi connectivity index (χ1v) is 4.37. The van der Waals surface area contributed by atoms with Gasteiger partial charge in [-0.25, -0.2) is 8.78 Å². The van der Waals surface area contributed by atoms with E-state index in [1.54, 1.807) is 12.3 Å². The minimum Gasteiger partial charge on any atom is -0.289 e. The summed E-state index contributed by atoms with van der Waals surface area (Å²) in [4.78, 5) is 4.02. The topological polar surface area (TPSA) is 12.4 Å². The number of aliphatic imine (C=N–C) groups is 1. The zero-order valence-corrected chi connectivity index (χ0v) is 7.50. The zero-order chi connectivity index (χ0) is 9.97. The Morgan fingerprint density at radius 3 is 2.71 bits per heavy atom. The summed E-state index contributed by atoms with van der Waals surface area (Å²) in [6.45, 7) is 0.666. The van der Waals surface area contributed by atoms with Gasteiger partial charge in [0.1, 0.15) is 0 Å². The Labute approximate surface area is 80.8 Å². The van der Waals surface area contributed by atoms with E-state index in [2.05, 4.69) is 4.99 Å². The van der Waals surface area contributed by atoms with Crippen LogP contribution in [0.15, 0.2) is 34.8 Å². The molecule has 1 aromatic carbocycles. The number of nitrogens with zero attached hydrogens (tertiary/aromatic N) is 1. The number of halogens is 2. The number of benzene rings is 1. The van der Waals surface area contributed by atoms with Crippen molar-refractivity contribution in [1.29, 1.82) is 0 Å². The first kappa shape index (κ1) is 9.06. The molecule has 72 valence electrons. The molecule has 0 bridgehead atoms. The second-order valence-corrected chi connectivity index (χ2v) is 3.24. The Bertz CT molecular complexity index is 408. The molecule has 0 spiro atoms. The molecule has 1 heterocycles. The van der Waals surface area contributed by atoms with Gasteiger partial charge >= 0.3 is 0 Å². The molecule has 3 heteroatoms. The largest absolute Gasteiger partial charge is 0.289 e. The van der Waals surface area contributed by atoms with Crippen molar-refractivity contribution in [2.75, 3.05) is 6.54 Å². The second-order valence-electron chi connectivity index (χ2n) is 3.24. The smallest absolute Gasteiger partial charge is 0.159 e. The average molecular weight is 193 g/mol. The summed E-state index contributed by atoms with van der Waals surface area (Å²) in [7, 11) is 0. The summed E-state index contributed by atoms with van der Waals surface area (Å²) in [5, 5.41) is 0. The van der Waals surface area contributed by atoms with Gasteiger partial charge in [0.2, 0.25) is 0 Å². The third kappa shape index (κ3) is 1.87. The van der Waals surface area contributed by atoms with Gasteiger partial charge in [0.25, 0.3) is 0 Å². The van der Waals surface area contributed by atoms with E-state index in [4.69, 9.17) is 0 Å². The minimum absolute atomic E-state index is 0.636. The van der Waals surface area contributed by atoms with Crippen LogP contribution in [0.1, 0.15) is 5.56 Å². The summed E-state index contributed by atoms with van der Waals surface area (Å²) in [6.07, 6.45) is 4.27. The highest BCUT2D eigenvalue weighted by Crippen LogP contribution is 2.14. The first-order chi connectivity index (χ1) is 6.75. The molecule has 0 saturated heterocycles. The van der Waals surface area contributed by atoms with Crippen molar-refractivity contribution in [3.8, 4) is 0 Å². The average Bonchev–Trinajstić information content (AvgIpc) is 2.64. The van der Waals surface area contributed by atoms with E-state index in [9.17, 15) is 8.78 Å². The fourth-order valence-electron chi connectivity index (χ4n) is 1.41. The zero-order valence-electron chi connectivity index (χ0n) is 7.50. The monoisotopic (exact) mass is 193 g/mol. The molecule has 0 fully saturated rings. The summed E-state index contributed by atoms with van der Waals surface area (Å²) < 4.78 is 25.4. The van der Waals surface area contributed by atoms with E-state index in [1.807, 2.05) is 6.08 Å².